The summed E-state index contributed by atoms with van der Waals surface area (Å²) in [4.78, 5) is 0. The van der Waals surface area contributed by atoms with E-state index in [1.807, 2.05) is 6.92 Å². The summed E-state index contributed by atoms with van der Waals surface area (Å²) >= 11 is 0. The molecule has 1 aliphatic carbocycles. The zero-order valence-corrected chi connectivity index (χ0v) is 9.40. The minimum Gasteiger partial charge on any atom is -0.392 e. The molecular weight excluding hydrogens is 186 g/mol. The van der Waals surface area contributed by atoms with Crippen molar-refractivity contribution in [3.63, 3.8) is 0 Å². The lowest BCUT2D eigenvalue weighted by molar-refractivity contribution is 0.182. The molecule has 15 heavy (non-hydrogen) atoms. The molecule has 1 aliphatic rings. The number of fused-ring (bicyclic) bond motifs is 1. The first kappa shape index (κ1) is 10.7. The summed E-state index contributed by atoms with van der Waals surface area (Å²) in [5.74, 6) is 0.626. The summed E-state index contributed by atoms with van der Waals surface area (Å²) in [6, 6.07) is 9.00. The van der Waals surface area contributed by atoms with Crippen LogP contribution in [-0.4, -0.2) is 17.8 Å². The zero-order chi connectivity index (χ0) is 10.8. The summed E-state index contributed by atoms with van der Waals surface area (Å²) in [6.45, 7) is 4.75. The van der Waals surface area contributed by atoms with Crippen LogP contribution in [0.3, 0.4) is 0 Å². The zero-order valence-electron chi connectivity index (χ0n) is 9.40. The van der Waals surface area contributed by atoms with Crippen molar-refractivity contribution in [3.8, 4) is 0 Å². The molecule has 0 saturated heterocycles. The highest BCUT2D eigenvalue weighted by Gasteiger charge is 2.28. The van der Waals surface area contributed by atoms with Gasteiger partial charge in [0.15, 0.2) is 0 Å². The fraction of sp³-hybridized carbons (Fsp3) is 0.538. The maximum atomic E-state index is 9.28. The van der Waals surface area contributed by atoms with Gasteiger partial charge < -0.3 is 10.4 Å². The summed E-state index contributed by atoms with van der Waals surface area (Å²) in [5, 5.41) is 12.7. The molecule has 0 bridgehead atoms. The maximum Gasteiger partial charge on any atom is 0.0636 e. The lowest BCUT2D eigenvalue weighted by Gasteiger charge is -2.19. The first-order chi connectivity index (χ1) is 7.18. The first-order valence-corrected chi connectivity index (χ1v) is 5.67. The number of rotatable bonds is 3. The number of hydrogen-bond donors (Lipinski definition) is 2. The van der Waals surface area contributed by atoms with Gasteiger partial charge in [-0.25, -0.2) is 0 Å². The van der Waals surface area contributed by atoms with Gasteiger partial charge in [-0.3, -0.25) is 0 Å². The molecule has 1 aromatic carbocycles. The minimum atomic E-state index is -0.273. The summed E-state index contributed by atoms with van der Waals surface area (Å²) < 4.78 is 0. The van der Waals surface area contributed by atoms with Gasteiger partial charge in [0.05, 0.1) is 6.10 Å². The predicted molar refractivity (Wildman–Crippen MR) is 61.7 cm³/mol. The predicted octanol–water partition coefficient (Wildman–Crippen LogP) is 1.89. The molecule has 2 unspecified atom stereocenters. The van der Waals surface area contributed by atoms with Gasteiger partial charge in [0, 0.05) is 12.6 Å². The van der Waals surface area contributed by atoms with Crippen LogP contribution in [0.1, 0.15) is 31.0 Å². The van der Waals surface area contributed by atoms with Gasteiger partial charge >= 0.3 is 0 Å². The topological polar surface area (TPSA) is 32.3 Å². The second kappa shape index (κ2) is 4.33. The standard InChI is InChI=1S/C13H19NO/c1-9-7-11-5-3-4-6-12(11)13(9)14-8-10(2)15/h3-6,9-10,13-15H,7-8H2,1-2H3/t9?,10-,13?/m1/s1. The van der Waals surface area contributed by atoms with E-state index < -0.39 is 0 Å². The van der Waals surface area contributed by atoms with Crippen LogP contribution < -0.4 is 5.32 Å². The monoisotopic (exact) mass is 205 g/mol. The van der Waals surface area contributed by atoms with Crippen molar-refractivity contribution in [2.24, 2.45) is 5.92 Å². The Morgan fingerprint density at radius 2 is 2.20 bits per heavy atom. The van der Waals surface area contributed by atoms with E-state index in [0.29, 0.717) is 18.5 Å². The van der Waals surface area contributed by atoms with Crippen molar-refractivity contribution in [2.75, 3.05) is 6.54 Å². The van der Waals surface area contributed by atoms with Crippen molar-refractivity contribution in [2.45, 2.75) is 32.4 Å². The van der Waals surface area contributed by atoms with Gasteiger partial charge in [0.25, 0.3) is 0 Å². The molecule has 0 spiro atoms. The summed E-state index contributed by atoms with van der Waals surface area (Å²) in [6.07, 6.45) is 0.873. The SMILES string of the molecule is CC1Cc2ccccc2C1NC[C@@H](C)O. The van der Waals surface area contributed by atoms with Crippen LogP contribution in [0, 0.1) is 5.92 Å². The number of nitrogens with one attached hydrogen (secondary N) is 1. The molecule has 0 aromatic heterocycles. The summed E-state index contributed by atoms with van der Waals surface area (Å²) in [7, 11) is 0. The Balaban J connectivity index is 2.11. The van der Waals surface area contributed by atoms with Gasteiger partial charge in [0.2, 0.25) is 0 Å². The van der Waals surface area contributed by atoms with E-state index in [-0.39, 0.29) is 6.10 Å². The molecule has 2 rings (SSSR count). The Bertz CT molecular complexity index is 335. The molecule has 0 aliphatic heterocycles. The molecule has 2 N–H and O–H groups in total. The second-order valence-electron chi connectivity index (χ2n) is 4.62. The quantitative estimate of drug-likeness (QED) is 0.790. The van der Waals surface area contributed by atoms with Crippen LogP contribution >= 0.6 is 0 Å². The highest BCUT2D eigenvalue weighted by atomic mass is 16.3. The highest BCUT2D eigenvalue weighted by Crippen LogP contribution is 2.35. The number of hydrogen-bond acceptors (Lipinski definition) is 2. The molecule has 0 fully saturated rings. The highest BCUT2D eigenvalue weighted by molar-refractivity contribution is 5.35. The fourth-order valence-electron chi connectivity index (χ4n) is 2.40. The molecule has 2 heteroatoms. The van der Waals surface area contributed by atoms with Gasteiger partial charge in [0.1, 0.15) is 0 Å². The Morgan fingerprint density at radius 1 is 1.47 bits per heavy atom. The van der Waals surface area contributed by atoms with E-state index in [1.165, 1.54) is 11.1 Å². The fourth-order valence-corrected chi connectivity index (χ4v) is 2.40. The van der Waals surface area contributed by atoms with Gasteiger partial charge in [-0.15, -0.1) is 0 Å². The molecule has 0 amide bonds. The lowest BCUT2D eigenvalue weighted by atomic mass is 10.0. The van der Waals surface area contributed by atoms with E-state index >= 15 is 0 Å². The van der Waals surface area contributed by atoms with Gasteiger partial charge in [-0.2, -0.15) is 0 Å². The molecular formula is C13H19NO. The van der Waals surface area contributed by atoms with E-state index in [9.17, 15) is 5.11 Å². The lowest BCUT2D eigenvalue weighted by Crippen LogP contribution is -2.30. The van der Waals surface area contributed by atoms with Crippen LogP contribution in [0.25, 0.3) is 0 Å². The molecule has 82 valence electrons. The number of aliphatic hydroxyl groups excluding tert-OH is 1. The summed E-state index contributed by atoms with van der Waals surface area (Å²) in [5.41, 5.74) is 2.86. The number of benzene rings is 1. The molecule has 0 radical (unpaired) electrons. The Kier molecular flexibility index (Phi) is 3.08. The van der Waals surface area contributed by atoms with E-state index in [1.54, 1.807) is 0 Å². The Labute approximate surface area is 91.3 Å². The average Bonchev–Trinajstić information content (AvgIpc) is 2.50. The largest absolute Gasteiger partial charge is 0.392 e. The Morgan fingerprint density at radius 3 is 2.93 bits per heavy atom. The van der Waals surface area contributed by atoms with Crippen LogP contribution in [-0.2, 0) is 6.42 Å². The third kappa shape index (κ3) is 2.21. The van der Waals surface area contributed by atoms with Gasteiger partial charge in [-0.05, 0) is 30.4 Å². The third-order valence-corrected chi connectivity index (χ3v) is 3.13. The number of aliphatic hydroxyl groups is 1. The van der Waals surface area contributed by atoms with Crippen molar-refractivity contribution in [1.29, 1.82) is 0 Å². The van der Waals surface area contributed by atoms with Gasteiger partial charge in [-0.1, -0.05) is 31.2 Å². The van der Waals surface area contributed by atoms with Crippen LogP contribution in [0.4, 0.5) is 0 Å². The van der Waals surface area contributed by atoms with Crippen molar-refractivity contribution < 1.29 is 5.11 Å². The smallest absolute Gasteiger partial charge is 0.0636 e. The maximum absolute atomic E-state index is 9.28. The van der Waals surface area contributed by atoms with Crippen molar-refractivity contribution in [3.05, 3.63) is 35.4 Å². The molecule has 3 atom stereocenters. The molecule has 2 nitrogen and oxygen atoms in total. The van der Waals surface area contributed by atoms with E-state index in [4.69, 9.17) is 0 Å². The normalized spacial score (nSPS) is 26.3. The van der Waals surface area contributed by atoms with Crippen LogP contribution in [0.15, 0.2) is 24.3 Å². The van der Waals surface area contributed by atoms with E-state index in [0.717, 1.165) is 6.42 Å². The third-order valence-electron chi connectivity index (χ3n) is 3.13. The molecule has 1 aromatic rings. The van der Waals surface area contributed by atoms with Crippen molar-refractivity contribution >= 4 is 0 Å². The second-order valence-corrected chi connectivity index (χ2v) is 4.62. The minimum absolute atomic E-state index is 0.273. The first-order valence-electron chi connectivity index (χ1n) is 5.67. The van der Waals surface area contributed by atoms with Crippen LogP contribution in [0.2, 0.25) is 0 Å². The molecule has 0 saturated carbocycles. The van der Waals surface area contributed by atoms with Crippen molar-refractivity contribution in [1.82, 2.24) is 5.32 Å². The van der Waals surface area contributed by atoms with Crippen LogP contribution in [0.5, 0.6) is 0 Å². The van der Waals surface area contributed by atoms with E-state index in [2.05, 4.69) is 36.5 Å². The Hall–Kier alpha value is -0.860. The molecule has 0 heterocycles. The average molecular weight is 205 g/mol.